The van der Waals surface area contributed by atoms with Crippen LogP contribution in [0.2, 0.25) is 0 Å². The third kappa shape index (κ3) is 3.14. The van der Waals surface area contributed by atoms with Gasteiger partial charge in [-0.05, 0) is 50.8 Å². The number of methoxy groups -OCH3 is 1. The molecule has 1 heterocycles. The lowest BCUT2D eigenvalue weighted by molar-refractivity contribution is 0.401. The molecule has 0 spiro atoms. The van der Waals surface area contributed by atoms with Crippen LogP contribution in [0.1, 0.15) is 45.8 Å². The van der Waals surface area contributed by atoms with Gasteiger partial charge in [-0.15, -0.1) is 11.3 Å². The summed E-state index contributed by atoms with van der Waals surface area (Å²) in [6.07, 6.45) is 3.89. The molecule has 0 radical (unpaired) electrons. The fourth-order valence-electron chi connectivity index (χ4n) is 3.03. The highest BCUT2D eigenvalue weighted by Gasteiger charge is 2.16. The summed E-state index contributed by atoms with van der Waals surface area (Å²) < 4.78 is 5.49. The summed E-state index contributed by atoms with van der Waals surface area (Å²) in [4.78, 5) is 3.06. The normalized spacial score (nSPS) is 15.0. The number of hydrogen-bond donors (Lipinski definition) is 1. The maximum Gasteiger partial charge on any atom is 0.123 e. The molecule has 2 nitrogen and oxygen atoms in total. The summed E-state index contributed by atoms with van der Waals surface area (Å²) in [5.41, 5.74) is 4.09. The number of rotatable bonds is 5. The van der Waals surface area contributed by atoms with Crippen molar-refractivity contribution < 1.29 is 4.74 Å². The van der Waals surface area contributed by atoms with E-state index in [4.69, 9.17) is 4.74 Å². The molecule has 0 aliphatic heterocycles. The van der Waals surface area contributed by atoms with Gasteiger partial charge < -0.3 is 10.1 Å². The third-order valence-electron chi connectivity index (χ3n) is 4.23. The Morgan fingerprint density at radius 2 is 2.14 bits per heavy atom. The van der Waals surface area contributed by atoms with Gasteiger partial charge in [0.05, 0.1) is 7.11 Å². The van der Waals surface area contributed by atoms with Crippen LogP contribution in [0, 0.1) is 6.92 Å². The molecule has 2 aromatic rings. The number of thiophene rings is 1. The van der Waals surface area contributed by atoms with Crippen molar-refractivity contribution in [1.82, 2.24) is 5.32 Å². The number of benzene rings is 1. The summed E-state index contributed by atoms with van der Waals surface area (Å²) in [6, 6.07) is 9.05. The van der Waals surface area contributed by atoms with Crippen LogP contribution >= 0.6 is 11.3 Å². The van der Waals surface area contributed by atoms with Crippen LogP contribution in [0.25, 0.3) is 0 Å². The fraction of sp³-hybridized carbons (Fsp3) is 0.444. The largest absolute Gasteiger partial charge is 0.496 e. The van der Waals surface area contributed by atoms with Gasteiger partial charge in [-0.2, -0.15) is 0 Å². The average molecular weight is 301 g/mol. The molecule has 1 aromatic carbocycles. The molecule has 3 heteroatoms. The summed E-state index contributed by atoms with van der Waals surface area (Å²) in [5.74, 6) is 0.967. The van der Waals surface area contributed by atoms with E-state index in [1.807, 2.05) is 11.3 Å². The molecular weight excluding hydrogens is 278 g/mol. The van der Waals surface area contributed by atoms with Gasteiger partial charge in [0, 0.05) is 27.9 Å². The molecule has 0 bridgehead atoms. The lowest BCUT2D eigenvalue weighted by Gasteiger charge is -2.17. The van der Waals surface area contributed by atoms with Crippen LogP contribution in [-0.2, 0) is 19.4 Å². The van der Waals surface area contributed by atoms with E-state index in [2.05, 4.69) is 43.4 Å². The molecule has 112 valence electrons. The van der Waals surface area contributed by atoms with Gasteiger partial charge in [0.1, 0.15) is 5.75 Å². The Hall–Kier alpha value is -1.32. The Kier molecular flexibility index (Phi) is 4.32. The second kappa shape index (κ2) is 6.20. The molecule has 0 saturated carbocycles. The first-order valence-electron chi connectivity index (χ1n) is 7.65. The van der Waals surface area contributed by atoms with Crippen molar-refractivity contribution in [3.63, 3.8) is 0 Å². The van der Waals surface area contributed by atoms with E-state index < -0.39 is 0 Å². The lowest BCUT2D eigenvalue weighted by atomic mass is 10.0. The van der Waals surface area contributed by atoms with Crippen molar-refractivity contribution in [2.75, 3.05) is 7.11 Å². The van der Waals surface area contributed by atoms with Crippen LogP contribution in [0.4, 0.5) is 0 Å². The average Bonchev–Trinajstić information content (AvgIpc) is 3.05. The molecule has 1 N–H and O–H groups in total. The van der Waals surface area contributed by atoms with Crippen molar-refractivity contribution in [2.24, 2.45) is 0 Å². The SMILES string of the molecule is COc1ccc(C)cc1C(C)NCc1cc2c(s1)CCC2. The standard InChI is InChI=1S/C18H23NOS/c1-12-7-8-17(20-3)16(9-12)13(2)19-11-15-10-14-5-4-6-18(14)21-15/h7-10,13,19H,4-6,11H2,1-3H3. The van der Waals surface area contributed by atoms with E-state index in [9.17, 15) is 0 Å². The van der Waals surface area contributed by atoms with Crippen molar-refractivity contribution in [3.8, 4) is 5.75 Å². The number of ether oxygens (including phenoxy) is 1. The molecule has 1 unspecified atom stereocenters. The van der Waals surface area contributed by atoms with Crippen LogP contribution < -0.4 is 10.1 Å². The Balaban J connectivity index is 1.68. The zero-order valence-corrected chi connectivity index (χ0v) is 13.8. The molecule has 0 saturated heterocycles. The number of fused-ring (bicyclic) bond motifs is 1. The first-order valence-corrected chi connectivity index (χ1v) is 8.47. The minimum atomic E-state index is 0.289. The van der Waals surface area contributed by atoms with E-state index in [0.717, 1.165) is 12.3 Å². The fourth-order valence-corrected chi connectivity index (χ4v) is 4.25. The molecule has 1 atom stereocenters. The second-order valence-electron chi connectivity index (χ2n) is 5.86. The van der Waals surface area contributed by atoms with E-state index in [1.54, 1.807) is 17.6 Å². The monoisotopic (exact) mass is 301 g/mol. The van der Waals surface area contributed by atoms with Crippen molar-refractivity contribution in [1.29, 1.82) is 0 Å². The summed E-state index contributed by atoms with van der Waals surface area (Å²) in [6.45, 7) is 5.27. The topological polar surface area (TPSA) is 21.3 Å². The van der Waals surface area contributed by atoms with E-state index >= 15 is 0 Å². The van der Waals surface area contributed by atoms with E-state index in [-0.39, 0.29) is 6.04 Å². The molecule has 1 aliphatic carbocycles. The Morgan fingerprint density at radius 1 is 1.29 bits per heavy atom. The van der Waals surface area contributed by atoms with Crippen LogP contribution in [0.3, 0.4) is 0 Å². The molecule has 21 heavy (non-hydrogen) atoms. The molecule has 0 fully saturated rings. The molecular formula is C18H23NOS. The molecule has 1 aliphatic rings. The van der Waals surface area contributed by atoms with Crippen LogP contribution in [0.5, 0.6) is 5.75 Å². The van der Waals surface area contributed by atoms with Crippen LogP contribution in [-0.4, -0.2) is 7.11 Å². The zero-order chi connectivity index (χ0) is 14.8. The van der Waals surface area contributed by atoms with Gasteiger partial charge in [-0.3, -0.25) is 0 Å². The first-order chi connectivity index (χ1) is 10.2. The number of aryl methyl sites for hydroxylation is 3. The summed E-state index contributed by atoms with van der Waals surface area (Å²) in [7, 11) is 1.74. The van der Waals surface area contributed by atoms with Gasteiger partial charge in [0.2, 0.25) is 0 Å². The Bertz CT molecular complexity index is 611. The molecule has 1 aromatic heterocycles. The smallest absolute Gasteiger partial charge is 0.123 e. The molecule has 0 amide bonds. The van der Waals surface area contributed by atoms with Crippen LogP contribution in [0.15, 0.2) is 24.3 Å². The summed E-state index contributed by atoms with van der Waals surface area (Å²) >= 11 is 1.98. The second-order valence-corrected chi connectivity index (χ2v) is 7.08. The Morgan fingerprint density at radius 3 is 2.90 bits per heavy atom. The number of nitrogens with one attached hydrogen (secondary N) is 1. The van der Waals surface area contributed by atoms with E-state index in [1.165, 1.54) is 35.3 Å². The highest BCUT2D eigenvalue weighted by Crippen LogP contribution is 2.31. The summed E-state index contributed by atoms with van der Waals surface area (Å²) in [5, 5.41) is 3.64. The van der Waals surface area contributed by atoms with Gasteiger partial charge in [0.25, 0.3) is 0 Å². The van der Waals surface area contributed by atoms with Crippen molar-refractivity contribution >= 4 is 11.3 Å². The minimum absolute atomic E-state index is 0.289. The van der Waals surface area contributed by atoms with Gasteiger partial charge in [-0.1, -0.05) is 17.7 Å². The maximum atomic E-state index is 5.49. The van der Waals surface area contributed by atoms with Gasteiger partial charge in [-0.25, -0.2) is 0 Å². The van der Waals surface area contributed by atoms with Gasteiger partial charge in [0.15, 0.2) is 0 Å². The maximum absolute atomic E-state index is 5.49. The Labute approximate surface area is 131 Å². The first kappa shape index (κ1) is 14.6. The third-order valence-corrected chi connectivity index (χ3v) is 5.47. The highest BCUT2D eigenvalue weighted by molar-refractivity contribution is 7.12. The van der Waals surface area contributed by atoms with Gasteiger partial charge >= 0.3 is 0 Å². The number of hydrogen-bond acceptors (Lipinski definition) is 3. The minimum Gasteiger partial charge on any atom is -0.496 e. The van der Waals surface area contributed by atoms with Crippen molar-refractivity contribution in [3.05, 3.63) is 50.7 Å². The lowest BCUT2D eigenvalue weighted by Crippen LogP contribution is -2.18. The quantitative estimate of drug-likeness (QED) is 0.883. The highest BCUT2D eigenvalue weighted by atomic mass is 32.1. The predicted molar refractivity (Wildman–Crippen MR) is 89.3 cm³/mol. The zero-order valence-electron chi connectivity index (χ0n) is 13.0. The van der Waals surface area contributed by atoms with Crippen molar-refractivity contribution in [2.45, 2.75) is 45.7 Å². The molecule has 3 rings (SSSR count). The van der Waals surface area contributed by atoms with E-state index in [0.29, 0.717) is 0 Å². The predicted octanol–water partition coefficient (Wildman–Crippen LogP) is 4.40.